The third kappa shape index (κ3) is 3.42. The smallest absolute Gasteiger partial charge is 0.282 e. The normalized spacial score (nSPS) is 17.9. The molecule has 0 spiro atoms. The third-order valence-electron chi connectivity index (χ3n) is 4.35. The van der Waals surface area contributed by atoms with Crippen LogP contribution in [0.4, 0.5) is 10.1 Å². The van der Waals surface area contributed by atoms with Crippen LogP contribution in [0.25, 0.3) is 0 Å². The lowest BCUT2D eigenvalue weighted by Crippen LogP contribution is -3.09. The Morgan fingerprint density at radius 3 is 2.65 bits per heavy atom. The number of rotatable bonds is 4. The quantitative estimate of drug-likeness (QED) is 0.915. The van der Waals surface area contributed by atoms with Crippen molar-refractivity contribution in [3.63, 3.8) is 0 Å². The van der Waals surface area contributed by atoms with E-state index >= 15 is 0 Å². The van der Waals surface area contributed by atoms with Crippen LogP contribution in [0.3, 0.4) is 0 Å². The molecular weight excluding hydrogens is 291 g/mol. The van der Waals surface area contributed by atoms with Crippen LogP contribution in [0, 0.1) is 5.82 Å². The number of benzene rings is 2. The Labute approximate surface area is 136 Å². The number of hydrogen-bond acceptors (Lipinski definition) is 1. The number of anilines is 1. The van der Waals surface area contributed by atoms with Crippen LogP contribution in [0.2, 0.25) is 0 Å². The molecule has 2 atom stereocenters. The summed E-state index contributed by atoms with van der Waals surface area (Å²) in [4.78, 5) is 15.7. The van der Waals surface area contributed by atoms with Crippen LogP contribution in [-0.4, -0.2) is 25.5 Å². The minimum atomic E-state index is -0.232. The maximum atomic E-state index is 13.0. The highest BCUT2D eigenvalue weighted by atomic mass is 19.1. The van der Waals surface area contributed by atoms with Gasteiger partial charge in [0.05, 0.1) is 7.05 Å². The lowest BCUT2D eigenvalue weighted by atomic mass is 10.1. The van der Waals surface area contributed by atoms with Gasteiger partial charge in [0, 0.05) is 17.3 Å². The number of carbonyl (C=O) groups is 1. The zero-order valence-corrected chi connectivity index (χ0v) is 13.6. The Balaban J connectivity index is 1.66. The van der Waals surface area contributed by atoms with Crippen molar-refractivity contribution < 1.29 is 14.1 Å². The monoisotopic (exact) mass is 313 g/mol. The molecule has 1 aliphatic rings. The molecule has 1 heterocycles. The fourth-order valence-corrected chi connectivity index (χ4v) is 3.30. The van der Waals surface area contributed by atoms with Crippen LogP contribution in [-0.2, 0) is 17.8 Å². The van der Waals surface area contributed by atoms with Crippen molar-refractivity contribution in [2.75, 3.05) is 18.5 Å². The highest BCUT2D eigenvalue weighted by Gasteiger charge is 2.31. The molecular formula is C19H22FN2O+. The topological polar surface area (TPSA) is 24.8 Å². The molecule has 4 heteroatoms. The first-order chi connectivity index (χ1) is 11.0. The molecule has 0 saturated carbocycles. The second-order valence-electron chi connectivity index (χ2n) is 6.38. The molecule has 23 heavy (non-hydrogen) atoms. The molecule has 1 N–H and O–H groups in total. The van der Waals surface area contributed by atoms with Crippen LogP contribution >= 0.6 is 0 Å². The highest BCUT2D eigenvalue weighted by molar-refractivity contribution is 5.96. The summed E-state index contributed by atoms with van der Waals surface area (Å²) in [6, 6.07) is 14.8. The summed E-state index contributed by atoms with van der Waals surface area (Å²) in [7, 11) is 1.99. The Kier molecular flexibility index (Phi) is 4.44. The van der Waals surface area contributed by atoms with Gasteiger partial charge in [-0.05, 0) is 37.1 Å². The molecule has 1 aliphatic heterocycles. The largest absolute Gasteiger partial charge is 0.326 e. The van der Waals surface area contributed by atoms with Gasteiger partial charge >= 0.3 is 0 Å². The van der Waals surface area contributed by atoms with Crippen LogP contribution < -0.4 is 9.80 Å². The number of hydrogen-bond donors (Lipinski definition) is 1. The van der Waals surface area contributed by atoms with Gasteiger partial charge in [0.15, 0.2) is 6.54 Å². The summed E-state index contributed by atoms with van der Waals surface area (Å²) >= 11 is 0. The van der Waals surface area contributed by atoms with Gasteiger partial charge in [-0.25, -0.2) is 4.39 Å². The van der Waals surface area contributed by atoms with Crippen molar-refractivity contribution >= 4 is 11.6 Å². The van der Waals surface area contributed by atoms with Gasteiger partial charge in [0.1, 0.15) is 12.4 Å². The van der Waals surface area contributed by atoms with Crippen LogP contribution in [0.1, 0.15) is 18.1 Å². The number of quaternary nitrogens is 1. The van der Waals surface area contributed by atoms with Crippen molar-refractivity contribution in [2.24, 2.45) is 0 Å². The number of nitrogens with zero attached hydrogens (tertiary/aromatic N) is 1. The zero-order valence-electron chi connectivity index (χ0n) is 13.6. The van der Waals surface area contributed by atoms with Gasteiger partial charge in [0.25, 0.3) is 5.91 Å². The molecule has 0 aliphatic carbocycles. The standard InChI is InChI=1S/C19H21FN2O/c1-14-11-16-5-3-4-6-18(16)22(14)19(23)13-21(2)12-15-7-9-17(20)10-8-15/h3-10,14H,11-13H2,1-2H3/p+1/t14-/m1/s1. The van der Waals surface area contributed by atoms with E-state index in [2.05, 4.69) is 13.0 Å². The average Bonchev–Trinajstić information content (AvgIpc) is 2.85. The Hall–Kier alpha value is -2.20. The van der Waals surface area contributed by atoms with Crippen molar-refractivity contribution in [2.45, 2.75) is 25.9 Å². The Morgan fingerprint density at radius 2 is 1.91 bits per heavy atom. The van der Waals surface area contributed by atoms with Gasteiger partial charge in [0.2, 0.25) is 0 Å². The predicted molar refractivity (Wildman–Crippen MR) is 89.0 cm³/mol. The van der Waals surface area contributed by atoms with E-state index in [1.165, 1.54) is 17.7 Å². The fraction of sp³-hybridized carbons (Fsp3) is 0.316. The number of fused-ring (bicyclic) bond motifs is 1. The maximum Gasteiger partial charge on any atom is 0.282 e. The highest BCUT2D eigenvalue weighted by Crippen LogP contribution is 2.31. The van der Waals surface area contributed by atoms with Gasteiger partial charge < -0.3 is 9.80 Å². The van der Waals surface area contributed by atoms with Crippen LogP contribution in [0.5, 0.6) is 0 Å². The van der Waals surface area contributed by atoms with E-state index in [-0.39, 0.29) is 17.8 Å². The minimum Gasteiger partial charge on any atom is -0.326 e. The van der Waals surface area contributed by atoms with Crippen molar-refractivity contribution in [1.82, 2.24) is 0 Å². The summed E-state index contributed by atoms with van der Waals surface area (Å²) in [6.07, 6.45) is 0.916. The lowest BCUT2D eigenvalue weighted by molar-refractivity contribution is -0.885. The molecule has 3 rings (SSSR count). The minimum absolute atomic E-state index is 0.141. The van der Waals surface area contributed by atoms with E-state index < -0.39 is 0 Å². The molecule has 3 nitrogen and oxygen atoms in total. The molecule has 1 amide bonds. The van der Waals surface area contributed by atoms with Gasteiger partial charge in [-0.1, -0.05) is 30.3 Å². The molecule has 0 saturated heterocycles. The summed E-state index contributed by atoms with van der Waals surface area (Å²) in [5, 5.41) is 0. The first-order valence-electron chi connectivity index (χ1n) is 8.00. The summed E-state index contributed by atoms with van der Waals surface area (Å²) < 4.78 is 13.0. The molecule has 1 unspecified atom stereocenters. The van der Waals surface area contributed by atoms with Gasteiger partial charge in [-0.3, -0.25) is 4.79 Å². The first kappa shape index (κ1) is 15.7. The maximum absolute atomic E-state index is 13.0. The van der Waals surface area contributed by atoms with Crippen molar-refractivity contribution in [3.8, 4) is 0 Å². The molecule has 120 valence electrons. The summed E-state index contributed by atoms with van der Waals surface area (Å²) in [5.41, 5.74) is 3.32. The molecule has 2 aromatic rings. The number of halogens is 1. The molecule has 0 aromatic heterocycles. The van der Waals surface area contributed by atoms with Crippen molar-refractivity contribution in [3.05, 3.63) is 65.5 Å². The number of likely N-dealkylation sites (N-methyl/N-ethyl adjacent to an activating group) is 1. The lowest BCUT2D eigenvalue weighted by Gasteiger charge is -2.24. The number of nitrogens with one attached hydrogen (secondary N) is 1. The zero-order chi connectivity index (χ0) is 16.4. The van der Waals surface area contributed by atoms with E-state index in [9.17, 15) is 9.18 Å². The number of carbonyl (C=O) groups excluding carboxylic acids is 1. The predicted octanol–water partition coefficient (Wildman–Crippen LogP) is 1.82. The third-order valence-corrected chi connectivity index (χ3v) is 4.35. The van der Waals surface area contributed by atoms with Gasteiger partial charge in [-0.15, -0.1) is 0 Å². The van der Waals surface area contributed by atoms with E-state index in [1.807, 2.05) is 30.1 Å². The Bertz CT molecular complexity index is 699. The average molecular weight is 313 g/mol. The number of para-hydroxylation sites is 1. The molecule has 0 bridgehead atoms. The van der Waals surface area contributed by atoms with Gasteiger partial charge in [-0.2, -0.15) is 0 Å². The molecule has 2 aromatic carbocycles. The SMILES string of the molecule is C[C@@H]1Cc2ccccc2N1C(=O)C[NH+](C)Cc1ccc(F)cc1. The number of amides is 1. The summed E-state index contributed by atoms with van der Waals surface area (Å²) in [5.74, 6) is -0.0907. The summed E-state index contributed by atoms with van der Waals surface area (Å²) in [6.45, 7) is 3.22. The first-order valence-corrected chi connectivity index (χ1v) is 8.00. The second kappa shape index (κ2) is 6.50. The second-order valence-corrected chi connectivity index (χ2v) is 6.38. The molecule has 0 fully saturated rings. The van der Waals surface area contributed by atoms with Crippen LogP contribution in [0.15, 0.2) is 48.5 Å². The van der Waals surface area contributed by atoms with E-state index in [0.29, 0.717) is 13.1 Å². The van der Waals surface area contributed by atoms with E-state index in [4.69, 9.17) is 0 Å². The van der Waals surface area contributed by atoms with E-state index in [1.54, 1.807) is 12.1 Å². The Morgan fingerprint density at radius 1 is 1.22 bits per heavy atom. The van der Waals surface area contributed by atoms with Crippen molar-refractivity contribution in [1.29, 1.82) is 0 Å². The fourth-order valence-electron chi connectivity index (χ4n) is 3.30. The van der Waals surface area contributed by atoms with E-state index in [0.717, 1.165) is 22.6 Å². The molecule has 0 radical (unpaired) electrons.